The number of rotatable bonds is 4. The quantitative estimate of drug-likeness (QED) is 0.842. The number of carbonyl (C=O) groups is 1. The molecule has 0 N–H and O–H groups in total. The Bertz CT molecular complexity index is 729. The summed E-state index contributed by atoms with van der Waals surface area (Å²) in [6, 6.07) is 1.97. The lowest BCUT2D eigenvalue weighted by atomic mass is 10.1. The van der Waals surface area contributed by atoms with Gasteiger partial charge >= 0.3 is 0 Å². The van der Waals surface area contributed by atoms with Crippen molar-refractivity contribution < 1.29 is 9.32 Å². The molecule has 0 radical (unpaired) electrons. The Morgan fingerprint density at radius 1 is 1.33 bits per heavy atom. The van der Waals surface area contributed by atoms with Crippen molar-refractivity contribution in [3.63, 3.8) is 0 Å². The molecule has 2 aromatic rings. The minimum absolute atomic E-state index is 0.151. The van der Waals surface area contributed by atoms with Crippen molar-refractivity contribution in [2.24, 2.45) is 13.0 Å². The van der Waals surface area contributed by atoms with E-state index in [1.807, 2.05) is 37.3 Å². The third kappa shape index (κ3) is 3.08. The number of carbonyl (C=O) groups excluding carboxylic acids is 1. The maximum Gasteiger partial charge on any atom is 0.226 e. The molecular weight excluding hydrogens is 306 g/mol. The highest BCUT2D eigenvalue weighted by Gasteiger charge is 2.46. The summed E-state index contributed by atoms with van der Waals surface area (Å²) in [6.45, 7) is 6.05. The molecular formula is C17H23N5O2. The molecule has 0 unspecified atom stereocenters. The molecule has 0 spiro atoms. The van der Waals surface area contributed by atoms with Crippen LogP contribution in [0.5, 0.6) is 0 Å². The van der Waals surface area contributed by atoms with E-state index in [9.17, 15) is 4.79 Å². The first-order valence-electron chi connectivity index (χ1n) is 8.52. The smallest absolute Gasteiger partial charge is 0.226 e. The molecule has 7 heteroatoms. The molecule has 1 amide bonds. The van der Waals surface area contributed by atoms with Gasteiger partial charge in [-0.1, -0.05) is 5.16 Å². The second-order valence-corrected chi connectivity index (χ2v) is 6.93. The van der Waals surface area contributed by atoms with Crippen LogP contribution in [-0.4, -0.2) is 56.8 Å². The molecule has 2 fully saturated rings. The Morgan fingerprint density at radius 3 is 2.75 bits per heavy atom. The molecule has 3 heterocycles. The van der Waals surface area contributed by atoms with E-state index in [-0.39, 0.29) is 5.92 Å². The topological polar surface area (TPSA) is 67.4 Å². The van der Waals surface area contributed by atoms with Crippen LogP contribution in [0.25, 0.3) is 0 Å². The van der Waals surface area contributed by atoms with Crippen LogP contribution in [0.4, 0.5) is 0 Å². The number of aromatic nitrogens is 3. The number of hydrogen-bond acceptors (Lipinski definition) is 5. The zero-order valence-corrected chi connectivity index (χ0v) is 14.2. The summed E-state index contributed by atoms with van der Waals surface area (Å²) in [5.74, 6) is 1.71. The fraction of sp³-hybridized carbons (Fsp3) is 0.588. The van der Waals surface area contributed by atoms with Gasteiger partial charge in [-0.3, -0.25) is 14.4 Å². The number of nitrogens with zero attached hydrogens (tertiary/aromatic N) is 5. The van der Waals surface area contributed by atoms with E-state index >= 15 is 0 Å². The third-order valence-corrected chi connectivity index (χ3v) is 5.00. The molecule has 2 atom stereocenters. The molecule has 2 aromatic heterocycles. The second kappa shape index (κ2) is 6.05. The fourth-order valence-corrected chi connectivity index (χ4v) is 3.54. The summed E-state index contributed by atoms with van der Waals surface area (Å²) in [7, 11) is 1.91. The van der Waals surface area contributed by atoms with Crippen molar-refractivity contribution >= 4 is 5.91 Å². The Balaban J connectivity index is 1.28. The fourth-order valence-electron chi connectivity index (χ4n) is 3.54. The molecule has 128 valence electrons. The summed E-state index contributed by atoms with van der Waals surface area (Å²) in [5.41, 5.74) is 2.10. The van der Waals surface area contributed by atoms with Gasteiger partial charge in [0.1, 0.15) is 0 Å². The van der Waals surface area contributed by atoms with Gasteiger partial charge in [-0.15, -0.1) is 0 Å². The van der Waals surface area contributed by atoms with Gasteiger partial charge in [0.2, 0.25) is 5.91 Å². The Labute approximate surface area is 141 Å². The summed E-state index contributed by atoms with van der Waals surface area (Å²) >= 11 is 0. The lowest BCUT2D eigenvalue weighted by Gasteiger charge is -2.34. The van der Waals surface area contributed by atoms with Crippen molar-refractivity contribution in [2.45, 2.75) is 25.8 Å². The zero-order valence-electron chi connectivity index (χ0n) is 14.2. The van der Waals surface area contributed by atoms with Crippen LogP contribution in [0.15, 0.2) is 23.0 Å². The highest BCUT2D eigenvalue weighted by atomic mass is 16.5. The molecule has 1 saturated heterocycles. The minimum Gasteiger partial charge on any atom is -0.360 e. The van der Waals surface area contributed by atoms with Gasteiger partial charge in [0, 0.05) is 51.4 Å². The lowest BCUT2D eigenvalue weighted by Crippen LogP contribution is -2.48. The van der Waals surface area contributed by atoms with Crippen LogP contribution in [0.3, 0.4) is 0 Å². The second-order valence-electron chi connectivity index (χ2n) is 6.93. The molecule has 7 nitrogen and oxygen atoms in total. The number of hydrogen-bond donors (Lipinski definition) is 0. The normalized spacial score (nSPS) is 24.3. The van der Waals surface area contributed by atoms with Crippen molar-refractivity contribution in [3.05, 3.63) is 35.5 Å². The van der Waals surface area contributed by atoms with E-state index in [2.05, 4.69) is 15.2 Å². The van der Waals surface area contributed by atoms with Crippen LogP contribution in [-0.2, 0) is 18.4 Å². The molecule has 1 aliphatic carbocycles. The maximum absolute atomic E-state index is 12.7. The first-order chi connectivity index (χ1) is 11.6. The predicted octanol–water partition coefficient (Wildman–Crippen LogP) is 1.16. The zero-order chi connectivity index (χ0) is 16.7. The van der Waals surface area contributed by atoms with E-state index in [0.717, 1.165) is 50.6 Å². The molecule has 2 aliphatic rings. The van der Waals surface area contributed by atoms with Gasteiger partial charge < -0.3 is 9.42 Å². The minimum atomic E-state index is 0.151. The standard InChI is InChI=1S/C17H23N5O2/c1-12-7-14(24-19-12)11-21-3-5-22(6-4-21)17(23)16-8-15(16)13-9-18-20(2)10-13/h7,9-10,15-16H,3-6,8,11H2,1-2H3/t15-,16+/m1/s1. The summed E-state index contributed by atoms with van der Waals surface area (Å²) in [4.78, 5) is 17.0. The molecule has 0 bridgehead atoms. The third-order valence-electron chi connectivity index (χ3n) is 5.00. The predicted molar refractivity (Wildman–Crippen MR) is 87.2 cm³/mol. The average molecular weight is 329 g/mol. The van der Waals surface area contributed by atoms with Crippen LogP contribution >= 0.6 is 0 Å². The lowest BCUT2D eigenvalue weighted by molar-refractivity contribution is -0.134. The van der Waals surface area contributed by atoms with Crippen LogP contribution in [0, 0.1) is 12.8 Å². The van der Waals surface area contributed by atoms with Crippen molar-refractivity contribution in [1.29, 1.82) is 0 Å². The summed E-state index contributed by atoms with van der Waals surface area (Å²) in [6.07, 6.45) is 4.87. The van der Waals surface area contributed by atoms with Crippen LogP contribution < -0.4 is 0 Å². The van der Waals surface area contributed by atoms with E-state index in [1.165, 1.54) is 5.56 Å². The van der Waals surface area contributed by atoms with Gasteiger partial charge in [-0.05, 0) is 24.8 Å². The van der Waals surface area contributed by atoms with Crippen molar-refractivity contribution in [1.82, 2.24) is 24.7 Å². The van der Waals surface area contributed by atoms with Gasteiger partial charge in [-0.25, -0.2) is 0 Å². The summed E-state index contributed by atoms with van der Waals surface area (Å²) in [5, 5.41) is 8.13. The number of piperazine rings is 1. The van der Waals surface area contributed by atoms with E-state index in [1.54, 1.807) is 4.68 Å². The van der Waals surface area contributed by atoms with Gasteiger partial charge in [0.25, 0.3) is 0 Å². The molecule has 0 aromatic carbocycles. The SMILES string of the molecule is Cc1cc(CN2CCN(C(=O)[C@H]3C[C@@H]3c3cnn(C)c3)CC2)on1. The molecule has 24 heavy (non-hydrogen) atoms. The van der Waals surface area contributed by atoms with E-state index in [4.69, 9.17) is 4.52 Å². The Morgan fingerprint density at radius 2 is 2.12 bits per heavy atom. The van der Waals surface area contributed by atoms with Crippen molar-refractivity contribution in [2.75, 3.05) is 26.2 Å². The summed E-state index contributed by atoms with van der Waals surface area (Å²) < 4.78 is 7.08. The van der Waals surface area contributed by atoms with Crippen LogP contribution in [0.2, 0.25) is 0 Å². The number of aryl methyl sites for hydroxylation is 2. The molecule has 1 aliphatic heterocycles. The highest BCUT2D eigenvalue weighted by molar-refractivity contribution is 5.83. The van der Waals surface area contributed by atoms with Gasteiger partial charge in [0.15, 0.2) is 5.76 Å². The highest BCUT2D eigenvalue weighted by Crippen LogP contribution is 2.48. The van der Waals surface area contributed by atoms with Gasteiger partial charge in [0.05, 0.1) is 18.4 Å². The van der Waals surface area contributed by atoms with Crippen LogP contribution in [0.1, 0.15) is 29.4 Å². The Kier molecular flexibility index (Phi) is 3.88. The first-order valence-corrected chi connectivity index (χ1v) is 8.52. The number of amides is 1. The maximum atomic E-state index is 12.7. The first kappa shape index (κ1) is 15.4. The van der Waals surface area contributed by atoms with E-state index < -0.39 is 0 Å². The molecule has 4 rings (SSSR count). The molecule has 1 saturated carbocycles. The van der Waals surface area contributed by atoms with Crippen molar-refractivity contribution in [3.8, 4) is 0 Å². The monoisotopic (exact) mass is 329 g/mol. The van der Waals surface area contributed by atoms with Gasteiger partial charge in [-0.2, -0.15) is 5.10 Å². The average Bonchev–Trinajstić information content (AvgIpc) is 3.09. The van der Waals surface area contributed by atoms with E-state index in [0.29, 0.717) is 11.8 Å². The largest absolute Gasteiger partial charge is 0.360 e. The Hall–Kier alpha value is -2.15.